The average molecular weight is 395 g/mol. The van der Waals surface area contributed by atoms with E-state index >= 15 is 0 Å². The van der Waals surface area contributed by atoms with Gasteiger partial charge < -0.3 is 14.6 Å². The molecular formula is C20H21N5O4. The first-order valence-corrected chi connectivity index (χ1v) is 8.95. The topological polar surface area (TPSA) is 114 Å². The van der Waals surface area contributed by atoms with E-state index in [9.17, 15) is 14.4 Å². The number of hydrogen-bond donors (Lipinski definition) is 3. The first-order chi connectivity index (χ1) is 14.0. The molecule has 0 spiro atoms. The summed E-state index contributed by atoms with van der Waals surface area (Å²) in [6.45, 7) is -0.500. The molecule has 0 unspecified atom stereocenters. The van der Waals surface area contributed by atoms with E-state index < -0.39 is 17.7 Å². The highest BCUT2D eigenvalue weighted by molar-refractivity contribution is 5.87. The average Bonchev–Trinajstić information content (AvgIpc) is 3.05. The van der Waals surface area contributed by atoms with Crippen molar-refractivity contribution in [2.45, 2.75) is 6.42 Å². The van der Waals surface area contributed by atoms with Crippen LogP contribution in [0.3, 0.4) is 0 Å². The van der Waals surface area contributed by atoms with Gasteiger partial charge in [-0.1, -0.05) is 30.3 Å². The maximum atomic E-state index is 12.1. The van der Waals surface area contributed by atoms with E-state index in [2.05, 4.69) is 21.2 Å². The molecule has 2 aromatic carbocycles. The molecule has 1 heterocycles. The van der Waals surface area contributed by atoms with Crippen molar-refractivity contribution in [1.29, 1.82) is 0 Å². The molecule has 0 radical (unpaired) electrons. The molecule has 3 N–H and O–H groups in total. The summed E-state index contributed by atoms with van der Waals surface area (Å²) >= 11 is 0. The molecule has 3 rings (SSSR count). The molecule has 1 aromatic heterocycles. The quantitative estimate of drug-likeness (QED) is 0.503. The second-order valence-corrected chi connectivity index (χ2v) is 6.23. The number of nitrogens with one attached hydrogen (secondary N) is 3. The number of aromatic nitrogens is 2. The molecular weight excluding hydrogens is 374 g/mol. The highest BCUT2D eigenvalue weighted by Gasteiger charge is 2.12. The Morgan fingerprint density at radius 3 is 2.38 bits per heavy atom. The lowest BCUT2D eigenvalue weighted by Crippen LogP contribution is -2.47. The van der Waals surface area contributed by atoms with Gasteiger partial charge in [-0.05, 0) is 24.3 Å². The number of rotatable bonds is 7. The summed E-state index contributed by atoms with van der Waals surface area (Å²) in [6, 6.07) is 16.4. The zero-order chi connectivity index (χ0) is 20.6. The van der Waals surface area contributed by atoms with E-state index in [0.717, 1.165) is 11.0 Å². The number of carbonyl (C=O) groups excluding carboxylic acids is 3. The molecule has 150 valence electrons. The third-order valence-corrected chi connectivity index (χ3v) is 4.10. The van der Waals surface area contributed by atoms with E-state index in [1.807, 2.05) is 41.9 Å². The molecule has 0 saturated heterocycles. The second kappa shape index (κ2) is 9.36. The minimum Gasteiger partial charge on any atom is -0.484 e. The van der Waals surface area contributed by atoms with Crippen molar-refractivity contribution in [3.63, 3.8) is 0 Å². The minimum atomic E-state index is -0.559. The van der Waals surface area contributed by atoms with Crippen molar-refractivity contribution < 1.29 is 19.1 Å². The third kappa shape index (κ3) is 5.55. The van der Waals surface area contributed by atoms with Gasteiger partial charge in [0.1, 0.15) is 11.6 Å². The fraction of sp³-hybridized carbons (Fsp3) is 0.200. The van der Waals surface area contributed by atoms with Gasteiger partial charge in [0.05, 0.1) is 24.0 Å². The van der Waals surface area contributed by atoms with Gasteiger partial charge in [0.15, 0.2) is 6.61 Å². The second-order valence-electron chi connectivity index (χ2n) is 6.23. The number of aryl methyl sites for hydroxylation is 1. The molecule has 29 heavy (non-hydrogen) atoms. The van der Waals surface area contributed by atoms with E-state index in [4.69, 9.17) is 4.74 Å². The van der Waals surface area contributed by atoms with Crippen LogP contribution in [-0.4, -0.2) is 40.4 Å². The zero-order valence-electron chi connectivity index (χ0n) is 15.8. The Morgan fingerprint density at radius 1 is 0.931 bits per heavy atom. The maximum absolute atomic E-state index is 12.1. The molecule has 9 heteroatoms. The van der Waals surface area contributed by atoms with Gasteiger partial charge >= 0.3 is 0 Å². The SMILES string of the molecule is Cn1c(CC(=O)NNC(=O)CNC(=O)COc2ccccc2)nc2ccccc21. The number of hydrogen-bond acceptors (Lipinski definition) is 5. The predicted octanol–water partition coefficient (Wildman–Crippen LogP) is 0.458. The molecule has 0 aliphatic heterocycles. The standard InChI is InChI=1S/C20H21N5O4/c1-25-16-10-6-5-9-15(16)22-17(25)11-18(26)23-24-19(27)12-21-20(28)13-29-14-7-3-2-4-8-14/h2-10H,11-13H2,1H3,(H,21,28)(H,23,26)(H,24,27). The Morgan fingerprint density at radius 2 is 1.62 bits per heavy atom. The van der Waals surface area contributed by atoms with Crippen LogP contribution >= 0.6 is 0 Å². The van der Waals surface area contributed by atoms with Gasteiger partial charge in [-0.15, -0.1) is 0 Å². The number of imidazole rings is 1. The van der Waals surface area contributed by atoms with Crippen LogP contribution < -0.4 is 20.9 Å². The van der Waals surface area contributed by atoms with E-state index in [1.165, 1.54) is 0 Å². The summed E-state index contributed by atoms with van der Waals surface area (Å²) in [5.41, 5.74) is 6.27. The number of fused-ring (bicyclic) bond motifs is 1. The normalized spacial score (nSPS) is 10.4. The molecule has 0 fully saturated rings. The number of amides is 3. The number of carbonyl (C=O) groups is 3. The number of nitrogens with zero attached hydrogens (tertiary/aromatic N) is 2. The Hall–Kier alpha value is -3.88. The predicted molar refractivity (Wildman–Crippen MR) is 106 cm³/mol. The van der Waals surface area contributed by atoms with Crippen molar-refractivity contribution in [2.24, 2.45) is 7.05 Å². The van der Waals surface area contributed by atoms with Crippen molar-refractivity contribution in [1.82, 2.24) is 25.7 Å². The highest BCUT2D eigenvalue weighted by Crippen LogP contribution is 2.14. The Kier molecular flexibility index (Phi) is 6.41. The number of ether oxygens (including phenoxy) is 1. The molecule has 3 amide bonds. The smallest absolute Gasteiger partial charge is 0.258 e. The van der Waals surface area contributed by atoms with Gasteiger partial charge in [0, 0.05) is 7.05 Å². The third-order valence-electron chi connectivity index (χ3n) is 4.10. The van der Waals surface area contributed by atoms with Crippen LogP contribution in [-0.2, 0) is 27.9 Å². The molecule has 0 bridgehead atoms. The van der Waals surface area contributed by atoms with Crippen LogP contribution in [0.5, 0.6) is 5.75 Å². The van der Waals surface area contributed by atoms with E-state index in [-0.39, 0.29) is 19.6 Å². The van der Waals surface area contributed by atoms with Crippen molar-refractivity contribution in [2.75, 3.05) is 13.2 Å². The number of hydrazine groups is 1. The van der Waals surface area contributed by atoms with Crippen molar-refractivity contribution in [3.8, 4) is 5.75 Å². The molecule has 0 saturated carbocycles. The Labute approximate surface area is 167 Å². The summed E-state index contributed by atoms with van der Waals surface area (Å²) in [4.78, 5) is 40.0. The molecule has 0 aliphatic rings. The Bertz CT molecular complexity index is 1020. The lowest BCUT2D eigenvalue weighted by atomic mass is 10.3. The van der Waals surface area contributed by atoms with Crippen molar-refractivity contribution in [3.05, 3.63) is 60.4 Å². The molecule has 0 atom stereocenters. The molecule has 3 aromatic rings. The first kappa shape index (κ1) is 19.9. The van der Waals surface area contributed by atoms with Crippen LogP contribution in [0, 0.1) is 0 Å². The van der Waals surface area contributed by atoms with Crippen LogP contribution in [0.25, 0.3) is 11.0 Å². The first-order valence-electron chi connectivity index (χ1n) is 8.95. The molecule has 0 aliphatic carbocycles. The lowest BCUT2D eigenvalue weighted by molar-refractivity contribution is -0.130. The Balaban J connectivity index is 1.38. The van der Waals surface area contributed by atoms with Gasteiger partial charge in [-0.3, -0.25) is 25.2 Å². The number of para-hydroxylation sites is 3. The van der Waals surface area contributed by atoms with Gasteiger partial charge in [0.2, 0.25) is 5.91 Å². The minimum absolute atomic E-state index is 0.00271. The van der Waals surface area contributed by atoms with Crippen LogP contribution in [0.15, 0.2) is 54.6 Å². The summed E-state index contributed by atoms with van der Waals surface area (Å²) < 4.78 is 7.10. The summed E-state index contributed by atoms with van der Waals surface area (Å²) in [5.74, 6) is -0.299. The molecule has 9 nitrogen and oxygen atoms in total. The van der Waals surface area contributed by atoms with E-state index in [1.54, 1.807) is 24.3 Å². The van der Waals surface area contributed by atoms with E-state index in [0.29, 0.717) is 11.6 Å². The van der Waals surface area contributed by atoms with Crippen molar-refractivity contribution >= 4 is 28.8 Å². The summed E-state index contributed by atoms with van der Waals surface area (Å²) in [6.07, 6.45) is 0.00271. The van der Waals surface area contributed by atoms with Crippen LogP contribution in [0.4, 0.5) is 0 Å². The lowest BCUT2D eigenvalue weighted by Gasteiger charge is -2.09. The van der Waals surface area contributed by atoms with Gasteiger partial charge in [0.25, 0.3) is 11.8 Å². The van der Waals surface area contributed by atoms with Crippen LogP contribution in [0.2, 0.25) is 0 Å². The van der Waals surface area contributed by atoms with Gasteiger partial charge in [-0.2, -0.15) is 0 Å². The zero-order valence-corrected chi connectivity index (χ0v) is 15.8. The maximum Gasteiger partial charge on any atom is 0.258 e. The van der Waals surface area contributed by atoms with Crippen LogP contribution in [0.1, 0.15) is 5.82 Å². The summed E-state index contributed by atoms with van der Waals surface area (Å²) in [7, 11) is 1.82. The fourth-order valence-electron chi connectivity index (χ4n) is 2.62. The monoisotopic (exact) mass is 395 g/mol. The largest absolute Gasteiger partial charge is 0.484 e. The number of benzene rings is 2. The van der Waals surface area contributed by atoms with Gasteiger partial charge in [-0.25, -0.2) is 4.98 Å². The highest BCUT2D eigenvalue weighted by atomic mass is 16.5. The fourth-order valence-corrected chi connectivity index (χ4v) is 2.62. The summed E-state index contributed by atoms with van der Waals surface area (Å²) in [5, 5.41) is 2.41.